The van der Waals surface area contributed by atoms with Crippen LogP contribution < -0.4 is 0 Å². The number of rotatable bonds is 2. The Bertz CT molecular complexity index is 153. The van der Waals surface area contributed by atoms with E-state index in [-0.39, 0.29) is 0 Å². The van der Waals surface area contributed by atoms with Gasteiger partial charge in [-0.25, -0.2) is 8.42 Å². The molecule has 4 nitrogen and oxygen atoms in total. The standard InChI is InChI=1S/C4H8O4S/c1-3(5)9(7,8)4(2)6/h3-6H,1-2H2. The smallest absolute Gasteiger partial charge is 0.203 e. The van der Waals surface area contributed by atoms with E-state index in [1.165, 1.54) is 0 Å². The monoisotopic (exact) mass is 152 g/mol. The van der Waals surface area contributed by atoms with Gasteiger partial charge in [0.05, 0.1) is 0 Å². The molecule has 0 fully saturated rings. The molecule has 0 aromatic rings. The average molecular weight is 152 g/mol. The van der Waals surface area contributed by atoms with Crippen molar-refractivity contribution in [3.63, 3.8) is 0 Å². The van der Waals surface area contributed by atoms with Gasteiger partial charge in [0.15, 0.2) is 10.9 Å². The van der Waals surface area contributed by atoms with Crippen molar-refractivity contribution in [2.45, 2.75) is 10.9 Å². The first-order valence-corrected chi connectivity index (χ1v) is 3.75. The quantitative estimate of drug-likeness (QED) is 0.516. The molecule has 0 heterocycles. The summed E-state index contributed by atoms with van der Waals surface area (Å²) < 4.78 is 20.8. The predicted molar refractivity (Wildman–Crippen MR) is 31.6 cm³/mol. The molecule has 0 aromatic heterocycles. The Morgan fingerprint density at radius 1 is 1.11 bits per heavy atom. The molecule has 0 saturated carbocycles. The van der Waals surface area contributed by atoms with E-state index in [0.717, 1.165) is 0 Å². The largest absolute Gasteiger partial charge is 0.377 e. The highest BCUT2D eigenvalue weighted by atomic mass is 32.2. The van der Waals surface area contributed by atoms with Gasteiger partial charge >= 0.3 is 0 Å². The predicted octanol–water partition coefficient (Wildman–Crippen LogP) is -1.29. The Kier molecular flexibility index (Phi) is 2.60. The highest BCUT2D eigenvalue weighted by Crippen LogP contribution is 2.01. The van der Waals surface area contributed by atoms with Crippen LogP contribution in [0.4, 0.5) is 0 Å². The van der Waals surface area contributed by atoms with Crippen molar-refractivity contribution in [3.05, 3.63) is 13.8 Å². The molecule has 0 spiro atoms. The molecule has 2 N–H and O–H groups in total. The Labute approximate surface area is 54.0 Å². The van der Waals surface area contributed by atoms with E-state index in [4.69, 9.17) is 10.2 Å². The molecule has 0 amide bonds. The second-order valence-electron chi connectivity index (χ2n) is 1.50. The molecule has 0 aliphatic carbocycles. The van der Waals surface area contributed by atoms with Crippen LogP contribution in [0.1, 0.15) is 0 Å². The highest BCUT2D eigenvalue weighted by molar-refractivity contribution is 7.92. The van der Waals surface area contributed by atoms with E-state index in [1.54, 1.807) is 0 Å². The van der Waals surface area contributed by atoms with Crippen molar-refractivity contribution in [2.24, 2.45) is 0 Å². The maximum atomic E-state index is 10.4. The van der Waals surface area contributed by atoms with Gasteiger partial charge < -0.3 is 10.2 Å². The molecule has 0 bridgehead atoms. The summed E-state index contributed by atoms with van der Waals surface area (Å²) in [4.78, 5) is 0. The lowest BCUT2D eigenvalue weighted by atomic mass is 10.9. The van der Waals surface area contributed by atoms with Crippen molar-refractivity contribution in [1.29, 1.82) is 0 Å². The summed E-state index contributed by atoms with van der Waals surface area (Å²) in [5.74, 6) is 0. The van der Waals surface area contributed by atoms with Crippen LogP contribution in [0.15, 0.2) is 0 Å². The number of hydrogen-bond donors (Lipinski definition) is 2. The zero-order valence-corrected chi connectivity index (χ0v) is 5.50. The highest BCUT2D eigenvalue weighted by Gasteiger charge is 2.23. The molecule has 2 unspecified atom stereocenters. The first kappa shape index (κ1) is 8.87. The minimum Gasteiger partial charge on any atom is -0.377 e. The second kappa shape index (κ2) is 2.64. The third-order valence-electron chi connectivity index (χ3n) is 0.758. The Hall–Kier alpha value is -0.130. The molecule has 0 aromatic carbocycles. The number of aliphatic hydroxyl groups is 2. The summed E-state index contributed by atoms with van der Waals surface area (Å²) in [6.45, 7) is 5.60. The van der Waals surface area contributed by atoms with E-state index in [2.05, 4.69) is 13.8 Å². The molecule has 0 saturated heterocycles. The summed E-state index contributed by atoms with van der Waals surface area (Å²) in [6.07, 6.45) is 0. The first-order valence-electron chi connectivity index (χ1n) is 2.14. The van der Waals surface area contributed by atoms with Gasteiger partial charge in [-0.1, -0.05) is 0 Å². The van der Waals surface area contributed by atoms with E-state index in [1.807, 2.05) is 0 Å². The Morgan fingerprint density at radius 3 is 1.33 bits per heavy atom. The zero-order valence-electron chi connectivity index (χ0n) is 4.69. The Balaban J connectivity index is 4.42. The van der Waals surface area contributed by atoms with Gasteiger partial charge in [-0.15, -0.1) is 0 Å². The van der Waals surface area contributed by atoms with Crippen molar-refractivity contribution < 1.29 is 18.6 Å². The lowest BCUT2D eigenvalue weighted by molar-refractivity contribution is 0.255. The topological polar surface area (TPSA) is 74.6 Å². The van der Waals surface area contributed by atoms with Crippen LogP contribution in [-0.4, -0.2) is 29.5 Å². The summed E-state index contributed by atoms with van der Waals surface area (Å²) in [7, 11) is -3.93. The normalized spacial score (nSPS) is 19.1. The minimum atomic E-state index is -3.93. The van der Waals surface area contributed by atoms with Crippen LogP contribution in [0.25, 0.3) is 0 Å². The SMILES string of the molecule is [CH2]C(O)S(=O)(=O)C([CH2])O. The lowest BCUT2D eigenvalue weighted by Gasteiger charge is -2.07. The van der Waals surface area contributed by atoms with Gasteiger partial charge in [-0.05, 0) is 13.8 Å². The molecule has 54 valence electrons. The van der Waals surface area contributed by atoms with E-state index in [9.17, 15) is 8.42 Å². The van der Waals surface area contributed by atoms with Crippen molar-refractivity contribution in [1.82, 2.24) is 0 Å². The average Bonchev–Trinajstić information content (AvgIpc) is 1.65. The van der Waals surface area contributed by atoms with Crippen LogP contribution in [0.2, 0.25) is 0 Å². The van der Waals surface area contributed by atoms with Gasteiger partial charge in [0.2, 0.25) is 9.84 Å². The van der Waals surface area contributed by atoms with Crippen LogP contribution in [0.5, 0.6) is 0 Å². The fourth-order valence-corrected chi connectivity index (χ4v) is 0.544. The molecular weight excluding hydrogens is 144 g/mol. The fourth-order valence-electron chi connectivity index (χ4n) is 0.181. The minimum absolute atomic E-state index is 1.80. The van der Waals surface area contributed by atoms with Crippen LogP contribution in [0, 0.1) is 13.8 Å². The van der Waals surface area contributed by atoms with Gasteiger partial charge in [0, 0.05) is 0 Å². The van der Waals surface area contributed by atoms with E-state index >= 15 is 0 Å². The van der Waals surface area contributed by atoms with Crippen LogP contribution >= 0.6 is 0 Å². The molecular formula is C4H8O4S. The second-order valence-corrected chi connectivity index (χ2v) is 3.76. The van der Waals surface area contributed by atoms with Gasteiger partial charge in [-0.2, -0.15) is 0 Å². The number of aliphatic hydroxyl groups excluding tert-OH is 2. The lowest BCUT2D eigenvalue weighted by Crippen LogP contribution is -2.27. The molecule has 0 aliphatic heterocycles. The molecule has 0 rings (SSSR count). The van der Waals surface area contributed by atoms with Gasteiger partial charge in [0.25, 0.3) is 0 Å². The molecule has 0 aliphatic rings. The van der Waals surface area contributed by atoms with Crippen molar-refractivity contribution in [3.8, 4) is 0 Å². The Morgan fingerprint density at radius 2 is 1.33 bits per heavy atom. The third-order valence-corrected chi connectivity index (χ3v) is 2.28. The van der Waals surface area contributed by atoms with Gasteiger partial charge in [0.1, 0.15) is 0 Å². The van der Waals surface area contributed by atoms with Crippen LogP contribution in [-0.2, 0) is 9.84 Å². The molecule has 2 atom stereocenters. The maximum Gasteiger partial charge on any atom is 0.203 e. The summed E-state index contributed by atoms with van der Waals surface area (Å²) in [5.41, 5.74) is -3.60. The summed E-state index contributed by atoms with van der Waals surface area (Å²) >= 11 is 0. The summed E-state index contributed by atoms with van der Waals surface area (Å²) in [5, 5.41) is 16.7. The molecule has 9 heavy (non-hydrogen) atoms. The van der Waals surface area contributed by atoms with E-state index < -0.39 is 20.7 Å². The number of sulfone groups is 1. The number of hydrogen-bond acceptors (Lipinski definition) is 4. The van der Waals surface area contributed by atoms with Crippen molar-refractivity contribution in [2.75, 3.05) is 0 Å². The molecule has 2 radical (unpaired) electrons. The van der Waals surface area contributed by atoms with E-state index in [0.29, 0.717) is 0 Å². The zero-order chi connectivity index (χ0) is 7.65. The fraction of sp³-hybridized carbons (Fsp3) is 0.500. The van der Waals surface area contributed by atoms with Gasteiger partial charge in [-0.3, -0.25) is 0 Å². The van der Waals surface area contributed by atoms with Crippen LogP contribution in [0.3, 0.4) is 0 Å². The maximum absolute atomic E-state index is 10.4. The summed E-state index contributed by atoms with van der Waals surface area (Å²) in [6, 6.07) is 0. The third kappa shape index (κ3) is 1.92. The molecule has 5 heteroatoms. The van der Waals surface area contributed by atoms with Crippen molar-refractivity contribution >= 4 is 9.84 Å². The first-order chi connectivity index (χ1) is 3.89.